The van der Waals surface area contributed by atoms with Crippen molar-refractivity contribution in [2.45, 2.75) is 25.3 Å². The zero-order chi connectivity index (χ0) is 17.2. The van der Waals surface area contributed by atoms with Gasteiger partial charge in [0.1, 0.15) is 5.75 Å². The van der Waals surface area contributed by atoms with Crippen molar-refractivity contribution in [1.29, 1.82) is 0 Å². The maximum atomic E-state index is 13.1. The molecule has 25 heavy (non-hydrogen) atoms. The fourth-order valence-corrected chi connectivity index (χ4v) is 3.47. The average Bonchev–Trinajstić information content (AvgIpc) is 2.67. The summed E-state index contributed by atoms with van der Waals surface area (Å²) in [6, 6.07) is 9.16. The minimum atomic E-state index is -0.181. The van der Waals surface area contributed by atoms with E-state index in [1.807, 2.05) is 23.2 Å². The molecule has 0 unspecified atom stereocenters. The number of amides is 2. The maximum Gasteiger partial charge on any atom is 0.262 e. The number of hydrogen-bond donors (Lipinski definition) is 1. The quantitative estimate of drug-likeness (QED) is 0.915. The van der Waals surface area contributed by atoms with Crippen molar-refractivity contribution < 1.29 is 14.3 Å². The van der Waals surface area contributed by atoms with Gasteiger partial charge in [-0.05, 0) is 49.1 Å². The van der Waals surface area contributed by atoms with Crippen LogP contribution in [0.5, 0.6) is 5.75 Å². The summed E-state index contributed by atoms with van der Waals surface area (Å²) in [6.45, 7) is 0.708. The number of ether oxygens (including phenoxy) is 1. The predicted octanol–water partition coefficient (Wildman–Crippen LogP) is 2.78. The molecule has 1 fully saturated rings. The number of piperidine rings is 1. The molecule has 4 rings (SSSR count). The molecule has 1 aromatic heterocycles. The Morgan fingerprint density at radius 2 is 2.20 bits per heavy atom. The van der Waals surface area contributed by atoms with Crippen LogP contribution >= 0.6 is 0 Å². The second-order valence-electron chi connectivity index (χ2n) is 6.34. The summed E-state index contributed by atoms with van der Waals surface area (Å²) in [7, 11) is 0. The number of carbonyl (C=O) groups is 2. The molecule has 0 aliphatic carbocycles. The topological polar surface area (TPSA) is 71.5 Å². The molecule has 2 aliphatic heterocycles. The molecule has 2 amide bonds. The average molecular weight is 337 g/mol. The third kappa shape index (κ3) is 3.07. The van der Waals surface area contributed by atoms with E-state index in [9.17, 15) is 9.59 Å². The molecule has 0 bridgehead atoms. The lowest BCUT2D eigenvalue weighted by Crippen LogP contribution is -2.38. The zero-order valence-electron chi connectivity index (χ0n) is 13.8. The van der Waals surface area contributed by atoms with E-state index in [1.165, 1.54) is 0 Å². The third-order valence-electron chi connectivity index (χ3n) is 4.69. The summed E-state index contributed by atoms with van der Waals surface area (Å²) in [5.74, 6) is 0.344. The van der Waals surface area contributed by atoms with Crippen molar-refractivity contribution in [3.8, 4) is 5.75 Å². The molecule has 3 heterocycles. The number of aromatic nitrogens is 1. The van der Waals surface area contributed by atoms with Gasteiger partial charge < -0.3 is 15.0 Å². The van der Waals surface area contributed by atoms with E-state index in [-0.39, 0.29) is 24.5 Å². The van der Waals surface area contributed by atoms with Crippen LogP contribution in [0.4, 0.5) is 5.69 Å². The molecule has 0 saturated carbocycles. The second-order valence-corrected chi connectivity index (χ2v) is 6.34. The van der Waals surface area contributed by atoms with E-state index in [2.05, 4.69) is 10.3 Å². The molecule has 2 aliphatic rings. The molecule has 0 radical (unpaired) electrons. The number of pyridine rings is 1. The number of fused-ring (bicyclic) bond motifs is 1. The lowest BCUT2D eigenvalue weighted by molar-refractivity contribution is -0.118. The molecule has 6 heteroatoms. The highest BCUT2D eigenvalue weighted by Gasteiger charge is 2.29. The SMILES string of the molecule is O=C1COc2cc(C(=O)N3CCCC[C@H]3c3cccnc3)ccc2N1. The number of hydrogen-bond acceptors (Lipinski definition) is 4. The fraction of sp³-hybridized carbons (Fsp3) is 0.316. The Balaban J connectivity index is 1.61. The number of carbonyl (C=O) groups excluding carboxylic acids is 2. The summed E-state index contributed by atoms with van der Waals surface area (Å²) in [6.07, 6.45) is 6.62. The summed E-state index contributed by atoms with van der Waals surface area (Å²) in [5.41, 5.74) is 2.25. The van der Waals surface area contributed by atoms with Crippen molar-refractivity contribution in [3.05, 3.63) is 53.9 Å². The Hall–Kier alpha value is -2.89. The predicted molar refractivity (Wildman–Crippen MR) is 92.4 cm³/mol. The van der Waals surface area contributed by atoms with Gasteiger partial charge in [0.05, 0.1) is 11.7 Å². The van der Waals surface area contributed by atoms with Crippen LogP contribution in [-0.2, 0) is 4.79 Å². The summed E-state index contributed by atoms with van der Waals surface area (Å²) < 4.78 is 5.43. The first-order valence-corrected chi connectivity index (χ1v) is 8.50. The van der Waals surface area contributed by atoms with Crippen LogP contribution in [-0.4, -0.2) is 34.8 Å². The third-order valence-corrected chi connectivity index (χ3v) is 4.69. The van der Waals surface area contributed by atoms with Gasteiger partial charge in [0, 0.05) is 24.5 Å². The van der Waals surface area contributed by atoms with E-state index in [0.29, 0.717) is 17.0 Å². The van der Waals surface area contributed by atoms with Crippen LogP contribution in [0.1, 0.15) is 41.2 Å². The van der Waals surface area contributed by atoms with Crippen LogP contribution in [0, 0.1) is 0 Å². The van der Waals surface area contributed by atoms with E-state index in [1.54, 1.807) is 24.4 Å². The Labute approximate surface area is 145 Å². The largest absolute Gasteiger partial charge is 0.482 e. The van der Waals surface area contributed by atoms with Crippen LogP contribution in [0.25, 0.3) is 0 Å². The van der Waals surface area contributed by atoms with Crippen molar-refractivity contribution in [2.24, 2.45) is 0 Å². The van der Waals surface area contributed by atoms with Crippen molar-refractivity contribution >= 4 is 17.5 Å². The molecule has 128 valence electrons. The second kappa shape index (κ2) is 6.55. The number of nitrogens with one attached hydrogen (secondary N) is 1. The number of nitrogens with zero attached hydrogens (tertiary/aromatic N) is 2. The molecular formula is C19H19N3O3. The van der Waals surface area contributed by atoms with E-state index >= 15 is 0 Å². The minimum absolute atomic E-state index is 0.0168. The summed E-state index contributed by atoms with van der Waals surface area (Å²) >= 11 is 0. The van der Waals surface area contributed by atoms with Crippen LogP contribution in [0.15, 0.2) is 42.7 Å². The molecular weight excluding hydrogens is 318 g/mol. The highest BCUT2D eigenvalue weighted by Crippen LogP contribution is 2.34. The number of anilines is 1. The first-order valence-electron chi connectivity index (χ1n) is 8.50. The molecule has 0 spiro atoms. The van der Waals surface area contributed by atoms with Gasteiger partial charge in [0.15, 0.2) is 6.61 Å². The number of likely N-dealkylation sites (tertiary alicyclic amines) is 1. The monoisotopic (exact) mass is 337 g/mol. The fourth-order valence-electron chi connectivity index (χ4n) is 3.47. The molecule has 2 aromatic rings. The first kappa shape index (κ1) is 15.6. The van der Waals surface area contributed by atoms with Gasteiger partial charge in [-0.15, -0.1) is 0 Å². The lowest BCUT2D eigenvalue weighted by atomic mass is 9.95. The minimum Gasteiger partial charge on any atom is -0.482 e. The molecule has 6 nitrogen and oxygen atoms in total. The maximum absolute atomic E-state index is 13.1. The summed E-state index contributed by atoms with van der Waals surface area (Å²) in [4.78, 5) is 30.6. The lowest BCUT2D eigenvalue weighted by Gasteiger charge is -2.36. The van der Waals surface area contributed by atoms with Gasteiger partial charge in [0.2, 0.25) is 0 Å². The van der Waals surface area contributed by atoms with Gasteiger partial charge in [-0.25, -0.2) is 0 Å². The molecule has 1 aromatic carbocycles. The first-order chi connectivity index (χ1) is 12.2. The number of benzene rings is 1. The standard InChI is InChI=1S/C19H19N3O3/c23-18-12-25-17-10-13(6-7-15(17)21-18)19(24)22-9-2-1-5-16(22)14-4-3-8-20-11-14/h3-4,6-8,10-11,16H,1-2,5,9,12H2,(H,21,23)/t16-/m0/s1. The smallest absolute Gasteiger partial charge is 0.262 e. The van der Waals surface area contributed by atoms with E-state index in [0.717, 1.165) is 31.4 Å². The van der Waals surface area contributed by atoms with Gasteiger partial charge in [-0.2, -0.15) is 0 Å². The van der Waals surface area contributed by atoms with Crippen molar-refractivity contribution in [2.75, 3.05) is 18.5 Å². The molecule has 1 atom stereocenters. The normalized spacial score (nSPS) is 19.6. The number of rotatable bonds is 2. The Kier molecular flexibility index (Phi) is 4.09. The highest BCUT2D eigenvalue weighted by atomic mass is 16.5. The van der Waals surface area contributed by atoms with Gasteiger partial charge in [-0.1, -0.05) is 6.07 Å². The zero-order valence-corrected chi connectivity index (χ0v) is 13.8. The van der Waals surface area contributed by atoms with Crippen LogP contribution < -0.4 is 10.1 Å². The van der Waals surface area contributed by atoms with Gasteiger partial charge in [0.25, 0.3) is 11.8 Å². The Bertz CT molecular complexity index is 807. The highest BCUT2D eigenvalue weighted by molar-refractivity contribution is 5.99. The molecule has 1 N–H and O–H groups in total. The van der Waals surface area contributed by atoms with Crippen LogP contribution in [0.2, 0.25) is 0 Å². The van der Waals surface area contributed by atoms with Crippen molar-refractivity contribution in [3.63, 3.8) is 0 Å². The molecule has 1 saturated heterocycles. The van der Waals surface area contributed by atoms with Crippen molar-refractivity contribution in [1.82, 2.24) is 9.88 Å². The van der Waals surface area contributed by atoms with Gasteiger partial charge in [-0.3, -0.25) is 14.6 Å². The van der Waals surface area contributed by atoms with Crippen LogP contribution in [0.3, 0.4) is 0 Å². The van der Waals surface area contributed by atoms with E-state index < -0.39 is 0 Å². The summed E-state index contributed by atoms with van der Waals surface area (Å²) in [5, 5.41) is 2.74. The van der Waals surface area contributed by atoms with E-state index in [4.69, 9.17) is 4.74 Å². The van der Waals surface area contributed by atoms with Gasteiger partial charge >= 0.3 is 0 Å². The Morgan fingerprint density at radius 3 is 3.04 bits per heavy atom. The Morgan fingerprint density at radius 1 is 1.28 bits per heavy atom.